The third-order valence-electron chi connectivity index (χ3n) is 2.97. The highest BCUT2D eigenvalue weighted by Gasteiger charge is 2.09. The highest BCUT2D eigenvalue weighted by molar-refractivity contribution is 9.10. The maximum Gasteiger partial charge on any atom is 0.255 e. The predicted molar refractivity (Wildman–Crippen MR) is 95.4 cm³/mol. The topological polar surface area (TPSA) is 47.6 Å². The van der Waals surface area contributed by atoms with Crippen LogP contribution >= 0.6 is 15.9 Å². The molecule has 0 heterocycles. The van der Waals surface area contributed by atoms with Gasteiger partial charge in [-0.2, -0.15) is 0 Å². The van der Waals surface area contributed by atoms with Crippen LogP contribution in [-0.2, 0) is 0 Å². The molecule has 0 saturated heterocycles. The van der Waals surface area contributed by atoms with Crippen molar-refractivity contribution >= 4 is 27.5 Å². The Balaban J connectivity index is 2.03. The normalized spacial score (nSPS) is 10.0. The maximum atomic E-state index is 12.3. The van der Waals surface area contributed by atoms with Gasteiger partial charge < -0.3 is 14.8 Å². The smallest absolute Gasteiger partial charge is 0.255 e. The lowest BCUT2D eigenvalue weighted by Crippen LogP contribution is -2.12. The van der Waals surface area contributed by atoms with Crippen LogP contribution in [0.15, 0.2) is 59.6 Å². The van der Waals surface area contributed by atoms with Crippen LogP contribution in [0.1, 0.15) is 17.3 Å². The van der Waals surface area contributed by atoms with Crippen molar-refractivity contribution in [3.05, 3.63) is 65.2 Å². The Labute approximate surface area is 144 Å². The lowest BCUT2D eigenvalue weighted by molar-refractivity contribution is 0.102. The molecular formula is C18H18BrNO3. The molecule has 23 heavy (non-hydrogen) atoms. The van der Waals surface area contributed by atoms with Crippen molar-refractivity contribution in [3.8, 4) is 11.5 Å². The van der Waals surface area contributed by atoms with Gasteiger partial charge in [-0.1, -0.05) is 12.7 Å². The summed E-state index contributed by atoms with van der Waals surface area (Å²) in [5, 5.41) is 2.84. The van der Waals surface area contributed by atoms with Crippen LogP contribution < -0.4 is 14.8 Å². The van der Waals surface area contributed by atoms with E-state index in [9.17, 15) is 4.79 Å². The van der Waals surface area contributed by atoms with Crippen molar-refractivity contribution in [1.82, 2.24) is 0 Å². The molecule has 120 valence electrons. The Bertz CT molecular complexity index is 683. The summed E-state index contributed by atoms with van der Waals surface area (Å²) < 4.78 is 11.6. The third kappa shape index (κ3) is 4.86. The van der Waals surface area contributed by atoms with E-state index < -0.39 is 0 Å². The quantitative estimate of drug-likeness (QED) is 0.715. The lowest BCUT2D eigenvalue weighted by atomic mass is 10.2. The van der Waals surface area contributed by atoms with Crippen molar-refractivity contribution in [1.29, 1.82) is 0 Å². The van der Waals surface area contributed by atoms with E-state index in [0.717, 1.165) is 10.2 Å². The van der Waals surface area contributed by atoms with Gasteiger partial charge in [-0.05, 0) is 65.3 Å². The van der Waals surface area contributed by atoms with Gasteiger partial charge >= 0.3 is 0 Å². The highest BCUT2D eigenvalue weighted by atomic mass is 79.9. The SMILES string of the molecule is C=CCOc1ccc(NC(=O)c2ccc(OCC)c(Br)c2)cc1. The van der Waals surface area contributed by atoms with Crippen LogP contribution in [-0.4, -0.2) is 19.1 Å². The summed E-state index contributed by atoms with van der Waals surface area (Å²) in [6.07, 6.45) is 1.68. The molecule has 0 unspecified atom stereocenters. The van der Waals surface area contributed by atoms with E-state index in [1.807, 2.05) is 6.92 Å². The number of rotatable bonds is 7. The van der Waals surface area contributed by atoms with Crippen molar-refractivity contribution < 1.29 is 14.3 Å². The van der Waals surface area contributed by atoms with E-state index in [-0.39, 0.29) is 5.91 Å². The molecule has 0 aliphatic heterocycles. The molecule has 0 saturated carbocycles. The van der Waals surface area contributed by atoms with Crippen LogP contribution in [0.2, 0.25) is 0 Å². The molecule has 0 radical (unpaired) electrons. The first kappa shape index (κ1) is 17.1. The van der Waals surface area contributed by atoms with Gasteiger partial charge in [0, 0.05) is 11.3 Å². The predicted octanol–water partition coefficient (Wildman–Crippen LogP) is 4.66. The van der Waals surface area contributed by atoms with E-state index in [1.54, 1.807) is 48.5 Å². The van der Waals surface area contributed by atoms with Crippen molar-refractivity contribution in [2.75, 3.05) is 18.5 Å². The molecule has 0 spiro atoms. The van der Waals surface area contributed by atoms with E-state index in [2.05, 4.69) is 27.8 Å². The zero-order valence-electron chi connectivity index (χ0n) is 12.8. The largest absolute Gasteiger partial charge is 0.493 e. The second kappa shape index (κ2) is 8.39. The second-order valence-corrected chi connectivity index (χ2v) is 5.51. The van der Waals surface area contributed by atoms with Crippen LogP contribution in [0, 0.1) is 0 Å². The molecular weight excluding hydrogens is 358 g/mol. The molecule has 0 aliphatic rings. The van der Waals surface area contributed by atoms with E-state index in [0.29, 0.717) is 30.2 Å². The van der Waals surface area contributed by atoms with Gasteiger partial charge in [0.15, 0.2) is 0 Å². The molecule has 5 heteroatoms. The van der Waals surface area contributed by atoms with Gasteiger partial charge in [-0.15, -0.1) is 0 Å². The van der Waals surface area contributed by atoms with Crippen LogP contribution in [0.3, 0.4) is 0 Å². The number of carbonyl (C=O) groups excluding carboxylic acids is 1. The molecule has 0 aliphatic carbocycles. The second-order valence-electron chi connectivity index (χ2n) is 4.66. The molecule has 0 bridgehead atoms. The first-order valence-corrected chi connectivity index (χ1v) is 8.00. The van der Waals surface area contributed by atoms with E-state index in [1.165, 1.54) is 0 Å². The molecule has 1 amide bonds. The highest BCUT2D eigenvalue weighted by Crippen LogP contribution is 2.26. The number of amides is 1. The summed E-state index contributed by atoms with van der Waals surface area (Å²) in [4.78, 5) is 12.3. The molecule has 2 aromatic rings. The first-order chi connectivity index (χ1) is 11.1. The minimum Gasteiger partial charge on any atom is -0.493 e. The lowest BCUT2D eigenvalue weighted by Gasteiger charge is -2.09. The molecule has 4 nitrogen and oxygen atoms in total. The van der Waals surface area contributed by atoms with Crippen LogP contribution in [0.4, 0.5) is 5.69 Å². The summed E-state index contributed by atoms with van der Waals surface area (Å²) in [6, 6.07) is 12.4. The number of nitrogens with one attached hydrogen (secondary N) is 1. The summed E-state index contributed by atoms with van der Waals surface area (Å²) >= 11 is 3.41. The van der Waals surface area contributed by atoms with Gasteiger partial charge in [0.05, 0.1) is 11.1 Å². The molecule has 0 atom stereocenters. The summed E-state index contributed by atoms with van der Waals surface area (Å²) in [7, 11) is 0. The minimum atomic E-state index is -0.187. The number of hydrogen-bond acceptors (Lipinski definition) is 3. The van der Waals surface area contributed by atoms with Gasteiger partial charge in [0.1, 0.15) is 18.1 Å². The van der Waals surface area contributed by atoms with Gasteiger partial charge in [0.25, 0.3) is 5.91 Å². The van der Waals surface area contributed by atoms with Gasteiger partial charge in [-0.25, -0.2) is 0 Å². The molecule has 1 N–H and O–H groups in total. The number of benzene rings is 2. The monoisotopic (exact) mass is 375 g/mol. The number of halogens is 1. The van der Waals surface area contributed by atoms with Crippen molar-refractivity contribution in [3.63, 3.8) is 0 Å². The number of carbonyl (C=O) groups is 1. The summed E-state index contributed by atoms with van der Waals surface area (Å²) in [5.41, 5.74) is 1.25. The Morgan fingerprint density at radius 2 is 1.96 bits per heavy atom. The zero-order valence-corrected chi connectivity index (χ0v) is 14.4. The number of hydrogen-bond donors (Lipinski definition) is 1. The minimum absolute atomic E-state index is 0.187. The maximum absolute atomic E-state index is 12.3. The third-order valence-corrected chi connectivity index (χ3v) is 3.59. The summed E-state index contributed by atoms with van der Waals surface area (Å²) in [6.45, 7) is 6.53. The molecule has 2 aromatic carbocycles. The fourth-order valence-electron chi connectivity index (χ4n) is 1.91. The summed E-state index contributed by atoms with van der Waals surface area (Å²) in [5.74, 6) is 1.26. The molecule has 0 fully saturated rings. The molecule has 2 rings (SSSR count). The average molecular weight is 376 g/mol. The Kier molecular flexibility index (Phi) is 6.23. The van der Waals surface area contributed by atoms with Crippen LogP contribution in [0.25, 0.3) is 0 Å². The Morgan fingerprint density at radius 1 is 1.22 bits per heavy atom. The Morgan fingerprint density at radius 3 is 2.57 bits per heavy atom. The van der Waals surface area contributed by atoms with Gasteiger partial charge in [-0.3, -0.25) is 4.79 Å². The zero-order chi connectivity index (χ0) is 16.7. The van der Waals surface area contributed by atoms with Crippen molar-refractivity contribution in [2.45, 2.75) is 6.92 Å². The average Bonchev–Trinajstić information content (AvgIpc) is 2.56. The van der Waals surface area contributed by atoms with E-state index in [4.69, 9.17) is 9.47 Å². The number of ether oxygens (including phenoxy) is 2. The van der Waals surface area contributed by atoms with Gasteiger partial charge in [0.2, 0.25) is 0 Å². The fourth-order valence-corrected chi connectivity index (χ4v) is 2.40. The van der Waals surface area contributed by atoms with Crippen molar-refractivity contribution in [2.24, 2.45) is 0 Å². The van der Waals surface area contributed by atoms with Crippen LogP contribution in [0.5, 0.6) is 11.5 Å². The number of anilines is 1. The first-order valence-electron chi connectivity index (χ1n) is 7.21. The fraction of sp³-hybridized carbons (Fsp3) is 0.167. The molecule has 0 aromatic heterocycles. The standard InChI is InChI=1S/C18H18BrNO3/c1-3-11-23-15-8-6-14(7-9-15)20-18(21)13-5-10-17(22-4-2)16(19)12-13/h3,5-10,12H,1,4,11H2,2H3,(H,20,21). The van der Waals surface area contributed by atoms with E-state index >= 15 is 0 Å². The Hall–Kier alpha value is -2.27.